The Morgan fingerprint density at radius 1 is 1.26 bits per heavy atom. The van der Waals surface area contributed by atoms with Crippen LogP contribution in [0.4, 0.5) is 0 Å². The second-order valence-corrected chi connectivity index (χ2v) is 10.6. The van der Waals surface area contributed by atoms with E-state index >= 15 is 0 Å². The maximum atomic E-state index is 12.9. The fraction of sp³-hybridized carbons (Fsp3) is 0.545. The lowest BCUT2D eigenvalue weighted by Gasteiger charge is -2.32. The number of aromatic nitrogens is 3. The SMILES string of the molecule is CC(C)Cn1c(SC(C)C(=O)NC2(C#N)CCCCC2)nnc1-c1ccc(Cl)cc1Cl. The van der Waals surface area contributed by atoms with Crippen molar-refractivity contribution in [1.29, 1.82) is 5.26 Å². The van der Waals surface area contributed by atoms with Crippen LogP contribution in [0.15, 0.2) is 23.4 Å². The number of carbonyl (C=O) groups is 1. The van der Waals surface area contributed by atoms with Crippen LogP contribution in [0.1, 0.15) is 52.9 Å². The molecule has 1 atom stereocenters. The first-order valence-electron chi connectivity index (χ1n) is 10.5. The van der Waals surface area contributed by atoms with Crippen LogP contribution in [0, 0.1) is 17.2 Å². The molecule has 0 aliphatic heterocycles. The Kier molecular flexibility index (Phi) is 7.90. The maximum absolute atomic E-state index is 12.9. The van der Waals surface area contributed by atoms with Gasteiger partial charge < -0.3 is 9.88 Å². The molecule has 1 unspecified atom stereocenters. The zero-order valence-electron chi connectivity index (χ0n) is 18.0. The molecule has 2 aromatic rings. The van der Waals surface area contributed by atoms with E-state index in [1.165, 1.54) is 11.8 Å². The molecule has 1 aliphatic carbocycles. The number of benzene rings is 1. The number of rotatable bonds is 7. The Hall–Kier alpha value is -1.75. The lowest BCUT2D eigenvalue weighted by molar-refractivity contribution is -0.121. The van der Waals surface area contributed by atoms with Gasteiger partial charge in [-0.1, -0.05) is 68.1 Å². The Balaban J connectivity index is 1.82. The van der Waals surface area contributed by atoms with Crippen LogP contribution in [0.2, 0.25) is 10.0 Å². The molecule has 6 nitrogen and oxygen atoms in total. The van der Waals surface area contributed by atoms with E-state index in [9.17, 15) is 10.1 Å². The van der Waals surface area contributed by atoms with E-state index in [4.69, 9.17) is 23.2 Å². The monoisotopic (exact) mass is 479 g/mol. The van der Waals surface area contributed by atoms with Crippen molar-refractivity contribution in [3.63, 3.8) is 0 Å². The predicted octanol–water partition coefficient (Wildman–Crippen LogP) is 5.73. The van der Waals surface area contributed by atoms with Gasteiger partial charge in [0.15, 0.2) is 11.0 Å². The zero-order chi connectivity index (χ0) is 22.6. The molecule has 1 heterocycles. The highest BCUT2D eigenvalue weighted by atomic mass is 35.5. The number of nitrogens with one attached hydrogen (secondary N) is 1. The molecule has 1 aliphatic rings. The summed E-state index contributed by atoms with van der Waals surface area (Å²) in [6.45, 7) is 6.73. The fourth-order valence-electron chi connectivity index (χ4n) is 3.74. The molecule has 0 saturated heterocycles. The minimum Gasteiger partial charge on any atom is -0.337 e. The largest absolute Gasteiger partial charge is 0.337 e. The van der Waals surface area contributed by atoms with E-state index in [1.54, 1.807) is 12.1 Å². The quantitative estimate of drug-likeness (QED) is 0.512. The van der Waals surface area contributed by atoms with Crippen molar-refractivity contribution in [2.45, 2.75) is 75.4 Å². The number of hydrogen-bond acceptors (Lipinski definition) is 5. The molecule has 166 valence electrons. The summed E-state index contributed by atoms with van der Waals surface area (Å²) < 4.78 is 1.99. The summed E-state index contributed by atoms with van der Waals surface area (Å²) >= 11 is 13.8. The second kappa shape index (κ2) is 10.2. The molecule has 0 bridgehead atoms. The topological polar surface area (TPSA) is 83.6 Å². The van der Waals surface area contributed by atoms with Crippen molar-refractivity contribution < 1.29 is 4.79 Å². The highest BCUT2D eigenvalue weighted by molar-refractivity contribution is 8.00. The Labute approximate surface area is 197 Å². The van der Waals surface area contributed by atoms with Crippen molar-refractivity contribution in [3.05, 3.63) is 28.2 Å². The minimum atomic E-state index is -0.752. The Morgan fingerprint density at radius 2 is 1.97 bits per heavy atom. The van der Waals surface area contributed by atoms with Crippen LogP contribution in [-0.4, -0.2) is 31.5 Å². The highest BCUT2D eigenvalue weighted by Gasteiger charge is 2.35. The molecule has 1 fully saturated rings. The zero-order valence-corrected chi connectivity index (χ0v) is 20.3. The molecule has 3 rings (SSSR count). The highest BCUT2D eigenvalue weighted by Crippen LogP contribution is 2.34. The van der Waals surface area contributed by atoms with Crippen molar-refractivity contribution in [2.24, 2.45) is 5.92 Å². The van der Waals surface area contributed by atoms with Crippen LogP contribution in [0.25, 0.3) is 11.4 Å². The van der Waals surface area contributed by atoms with E-state index in [0.29, 0.717) is 46.3 Å². The van der Waals surface area contributed by atoms with Crippen LogP contribution in [0.5, 0.6) is 0 Å². The molecule has 1 aromatic carbocycles. The standard InChI is InChI=1S/C22H27Cl2N5OS/c1-14(2)12-29-19(17-8-7-16(23)11-18(17)24)27-28-21(29)31-15(3)20(30)26-22(13-25)9-5-4-6-10-22/h7-8,11,14-15H,4-6,9-10,12H2,1-3H3,(H,26,30). The Bertz CT molecular complexity index is 979. The van der Waals surface area contributed by atoms with E-state index in [1.807, 2.05) is 17.6 Å². The lowest BCUT2D eigenvalue weighted by atomic mass is 9.83. The van der Waals surface area contributed by atoms with Crippen molar-refractivity contribution in [2.75, 3.05) is 0 Å². The van der Waals surface area contributed by atoms with Gasteiger partial charge in [-0.3, -0.25) is 4.79 Å². The van der Waals surface area contributed by atoms with Gasteiger partial charge in [0.1, 0.15) is 5.54 Å². The van der Waals surface area contributed by atoms with Crippen LogP contribution < -0.4 is 5.32 Å². The molecule has 0 radical (unpaired) electrons. The summed E-state index contributed by atoms with van der Waals surface area (Å²) in [7, 11) is 0. The first-order chi connectivity index (χ1) is 14.7. The van der Waals surface area contributed by atoms with Crippen molar-refractivity contribution in [3.8, 4) is 17.5 Å². The first kappa shape index (κ1) is 23.9. The van der Waals surface area contributed by atoms with Gasteiger partial charge in [0.25, 0.3) is 0 Å². The predicted molar refractivity (Wildman–Crippen MR) is 125 cm³/mol. The maximum Gasteiger partial charge on any atom is 0.234 e. The van der Waals surface area contributed by atoms with Gasteiger partial charge in [-0.2, -0.15) is 5.26 Å². The van der Waals surface area contributed by atoms with Crippen LogP contribution >= 0.6 is 35.0 Å². The van der Waals surface area contributed by atoms with Crippen molar-refractivity contribution >= 4 is 40.9 Å². The molecule has 1 aromatic heterocycles. The number of thioether (sulfide) groups is 1. The van der Waals surface area contributed by atoms with Crippen LogP contribution in [-0.2, 0) is 11.3 Å². The molecule has 1 saturated carbocycles. The van der Waals surface area contributed by atoms with Gasteiger partial charge in [0.05, 0.1) is 16.3 Å². The average Bonchev–Trinajstić information content (AvgIpc) is 3.10. The number of nitrogens with zero attached hydrogens (tertiary/aromatic N) is 4. The van der Waals surface area contributed by atoms with Crippen molar-refractivity contribution in [1.82, 2.24) is 20.1 Å². The van der Waals surface area contributed by atoms with Crippen LogP contribution in [0.3, 0.4) is 0 Å². The third-order valence-corrected chi connectivity index (χ3v) is 7.00. The average molecular weight is 480 g/mol. The summed E-state index contributed by atoms with van der Waals surface area (Å²) in [6, 6.07) is 7.62. The molecule has 1 N–H and O–H groups in total. The molecule has 0 spiro atoms. The number of amides is 1. The lowest BCUT2D eigenvalue weighted by Crippen LogP contribution is -2.51. The smallest absolute Gasteiger partial charge is 0.234 e. The number of nitriles is 1. The molecule has 31 heavy (non-hydrogen) atoms. The summed E-state index contributed by atoms with van der Waals surface area (Å²) in [5.74, 6) is 0.832. The van der Waals surface area contributed by atoms with E-state index in [2.05, 4.69) is 35.4 Å². The summed E-state index contributed by atoms with van der Waals surface area (Å²) in [5, 5.41) is 22.7. The molecule has 9 heteroatoms. The summed E-state index contributed by atoms with van der Waals surface area (Å²) in [5.41, 5.74) is -0.00796. The Morgan fingerprint density at radius 3 is 2.58 bits per heavy atom. The fourth-order valence-corrected chi connectivity index (χ4v) is 5.10. The number of carbonyl (C=O) groups excluding carboxylic acids is 1. The van der Waals surface area contributed by atoms with Gasteiger partial charge in [0, 0.05) is 17.1 Å². The molecular formula is C22H27Cl2N5OS. The second-order valence-electron chi connectivity index (χ2n) is 8.44. The third-order valence-electron chi connectivity index (χ3n) is 5.37. The minimum absolute atomic E-state index is 0.154. The number of hydrogen-bond donors (Lipinski definition) is 1. The van der Waals surface area contributed by atoms with E-state index < -0.39 is 10.8 Å². The summed E-state index contributed by atoms with van der Waals surface area (Å²) in [6.07, 6.45) is 4.44. The van der Waals surface area contributed by atoms with Gasteiger partial charge in [-0.25, -0.2) is 0 Å². The molecule has 1 amide bonds. The van der Waals surface area contributed by atoms with E-state index in [0.717, 1.165) is 24.8 Å². The van der Waals surface area contributed by atoms with Gasteiger partial charge >= 0.3 is 0 Å². The summed E-state index contributed by atoms with van der Waals surface area (Å²) in [4.78, 5) is 12.9. The first-order valence-corrected chi connectivity index (χ1v) is 12.2. The van der Waals surface area contributed by atoms with E-state index in [-0.39, 0.29) is 5.91 Å². The van der Waals surface area contributed by atoms with Gasteiger partial charge in [0.2, 0.25) is 5.91 Å². The number of halogens is 2. The van der Waals surface area contributed by atoms with Gasteiger partial charge in [-0.05, 0) is 43.9 Å². The normalized spacial score (nSPS) is 16.7. The molecular weight excluding hydrogens is 453 g/mol. The van der Waals surface area contributed by atoms with Gasteiger partial charge in [-0.15, -0.1) is 10.2 Å². The third kappa shape index (κ3) is 5.74.